The zero-order valence-corrected chi connectivity index (χ0v) is 11.0. The van der Waals surface area contributed by atoms with Gasteiger partial charge in [-0.1, -0.05) is 19.0 Å². The molecular formula is C11H19N3O4. The summed E-state index contributed by atoms with van der Waals surface area (Å²) in [5, 5.41) is 12.8. The van der Waals surface area contributed by atoms with Crippen LogP contribution in [-0.4, -0.2) is 35.6 Å². The van der Waals surface area contributed by atoms with Crippen molar-refractivity contribution in [3.63, 3.8) is 0 Å². The summed E-state index contributed by atoms with van der Waals surface area (Å²) in [6.45, 7) is 5.67. The maximum Gasteiger partial charge on any atom is 0.269 e. The van der Waals surface area contributed by atoms with Crippen molar-refractivity contribution < 1.29 is 19.4 Å². The molecule has 1 aliphatic rings. The van der Waals surface area contributed by atoms with Crippen molar-refractivity contribution in [1.29, 1.82) is 0 Å². The summed E-state index contributed by atoms with van der Waals surface area (Å²) >= 11 is 0. The predicted octanol–water partition coefficient (Wildman–Crippen LogP) is 1.61. The highest BCUT2D eigenvalue weighted by Crippen LogP contribution is 2.31. The van der Waals surface area contributed by atoms with Gasteiger partial charge >= 0.3 is 0 Å². The standard InChI is InChI=1S/C11H19N3O4/c1-5(9(7(3)15)13-14-12)6(2)10-8(4)17-11(16)18-10/h5-6,8-11,16H,1-4H3/t5-,6-,8-,9+,10+,11-/m0/s1. The Balaban J connectivity index is 2.78. The molecule has 0 spiro atoms. The number of carbonyl (C=O) groups excluding carboxylic acids is 1. The van der Waals surface area contributed by atoms with Gasteiger partial charge in [-0.15, -0.1) is 0 Å². The molecule has 1 N–H and O–H groups in total. The summed E-state index contributed by atoms with van der Waals surface area (Å²) in [7, 11) is 0. The maximum atomic E-state index is 11.5. The minimum Gasteiger partial charge on any atom is -0.346 e. The van der Waals surface area contributed by atoms with Crippen molar-refractivity contribution in [3.05, 3.63) is 10.4 Å². The lowest BCUT2D eigenvalue weighted by Crippen LogP contribution is -2.38. The van der Waals surface area contributed by atoms with Crippen molar-refractivity contribution in [2.45, 2.75) is 52.4 Å². The second kappa shape index (κ2) is 6.15. The fourth-order valence-electron chi connectivity index (χ4n) is 2.29. The Labute approximate surface area is 106 Å². The van der Waals surface area contributed by atoms with Crippen molar-refractivity contribution in [1.82, 2.24) is 0 Å². The van der Waals surface area contributed by atoms with Gasteiger partial charge in [-0.2, -0.15) is 0 Å². The summed E-state index contributed by atoms with van der Waals surface area (Å²) in [6.07, 6.45) is -0.595. The van der Waals surface area contributed by atoms with Crippen molar-refractivity contribution in [2.75, 3.05) is 0 Å². The molecule has 0 saturated carbocycles. The van der Waals surface area contributed by atoms with Crippen molar-refractivity contribution in [3.8, 4) is 0 Å². The quantitative estimate of drug-likeness (QED) is 0.458. The minimum absolute atomic E-state index is 0.0865. The average Bonchev–Trinajstić information content (AvgIpc) is 2.63. The lowest BCUT2D eigenvalue weighted by Gasteiger charge is -2.29. The topological polar surface area (TPSA) is 105 Å². The van der Waals surface area contributed by atoms with Crippen molar-refractivity contribution in [2.24, 2.45) is 17.0 Å². The third-order valence-corrected chi connectivity index (χ3v) is 3.51. The molecule has 0 aromatic rings. The normalized spacial score (nSPS) is 32.4. The van der Waals surface area contributed by atoms with Crippen LogP contribution in [0.1, 0.15) is 27.7 Å². The lowest BCUT2D eigenvalue weighted by molar-refractivity contribution is -0.213. The third-order valence-electron chi connectivity index (χ3n) is 3.51. The molecule has 0 radical (unpaired) electrons. The first-order valence-corrected chi connectivity index (χ1v) is 5.92. The van der Waals surface area contributed by atoms with E-state index >= 15 is 0 Å². The van der Waals surface area contributed by atoms with Gasteiger partial charge in [0.15, 0.2) is 0 Å². The molecule has 102 valence electrons. The van der Waals surface area contributed by atoms with E-state index in [9.17, 15) is 9.90 Å². The minimum atomic E-state index is -1.23. The fourth-order valence-corrected chi connectivity index (χ4v) is 2.29. The largest absolute Gasteiger partial charge is 0.346 e. The number of ether oxygens (including phenoxy) is 2. The molecule has 1 aliphatic heterocycles. The molecule has 1 rings (SSSR count). The molecule has 0 aromatic carbocycles. The van der Waals surface area contributed by atoms with Gasteiger partial charge in [0.2, 0.25) is 0 Å². The van der Waals surface area contributed by atoms with Crippen LogP contribution in [0.25, 0.3) is 10.4 Å². The fraction of sp³-hybridized carbons (Fsp3) is 0.909. The predicted molar refractivity (Wildman–Crippen MR) is 63.4 cm³/mol. The zero-order valence-electron chi connectivity index (χ0n) is 11.0. The molecule has 0 bridgehead atoms. The van der Waals surface area contributed by atoms with E-state index in [2.05, 4.69) is 10.0 Å². The number of rotatable bonds is 5. The Morgan fingerprint density at radius 1 is 1.44 bits per heavy atom. The van der Waals surface area contributed by atoms with E-state index in [0.717, 1.165) is 0 Å². The summed E-state index contributed by atoms with van der Waals surface area (Å²) in [4.78, 5) is 14.2. The van der Waals surface area contributed by atoms with E-state index in [1.807, 2.05) is 13.8 Å². The number of ketones is 1. The van der Waals surface area contributed by atoms with E-state index < -0.39 is 12.5 Å². The Kier molecular flexibility index (Phi) is 5.10. The number of aliphatic hydroxyl groups excluding tert-OH is 1. The molecule has 0 aromatic heterocycles. The van der Waals surface area contributed by atoms with Gasteiger partial charge in [0.05, 0.1) is 18.2 Å². The van der Waals surface area contributed by atoms with Crippen LogP contribution in [0.15, 0.2) is 5.11 Å². The number of Topliss-reactive ketones (excluding diaryl/α,β-unsaturated/α-hetero) is 1. The Morgan fingerprint density at radius 3 is 2.44 bits per heavy atom. The highest BCUT2D eigenvalue weighted by atomic mass is 16.8. The van der Waals surface area contributed by atoms with E-state index in [0.29, 0.717) is 0 Å². The van der Waals surface area contributed by atoms with Crippen LogP contribution in [0.4, 0.5) is 0 Å². The maximum absolute atomic E-state index is 11.5. The highest BCUT2D eigenvalue weighted by Gasteiger charge is 2.40. The van der Waals surface area contributed by atoms with Gasteiger partial charge in [0, 0.05) is 4.91 Å². The third kappa shape index (κ3) is 3.20. The second-order valence-electron chi connectivity index (χ2n) is 4.73. The summed E-state index contributed by atoms with van der Waals surface area (Å²) in [5.41, 5.74) is 8.49. The molecule has 1 saturated heterocycles. The van der Waals surface area contributed by atoms with Crippen molar-refractivity contribution >= 4 is 5.78 Å². The summed E-state index contributed by atoms with van der Waals surface area (Å²) in [6, 6.07) is -0.724. The van der Waals surface area contributed by atoms with Crippen LogP contribution < -0.4 is 0 Å². The van der Waals surface area contributed by atoms with Gasteiger partial charge in [-0.3, -0.25) is 4.79 Å². The molecule has 0 unspecified atom stereocenters. The number of azide groups is 1. The number of aliphatic hydroxyl groups is 1. The van der Waals surface area contributed by atoms with E-state index in [1.165, 1.54) is 6.92 Å². The molecule has 0 aliphatic carbocycles. The SMILES string of the molecule is CC(=O)[C@H](N=[N+]=[N-])[C@@H](C)[C@H](C)[C@H]1O[C@@H](O)O[C@H]1C. The Morgan fingerprint density at radius 2 is 2.06 bits per heavy atom. The Hall–Kier alpha value is -1.14. The molecular weight excluding hydrogens is 238 g/mol. The molecule has 7 heteroatoms. The second-order valence-corrected chi connectivity index (χ2v) is 4.73. The average molecular weight is 257 g/mol. The van der Waals surface area contributed by atoms with Crippen LogP contribution >= 0.6 is 0 Å². The summed E-state index contributed by atoms with van der Waals surface area (Å²) < 4.78 is 10.3. The Bertz CT molecular complexity index is 354. The van der Waals surface area contributed by atoms with Crippen LogP contribution in [0.5, 0.6) is 0 Å². The number of nitrogens with zero attached hydrogens (tertiary/aromatic N) is 3. The van der Waals surface area contributed by atoms with Crippen LogP contribution in [0.3, 0.4) is 0 Å². The van der Waals surface area contributed by atoms with Crippen LogP contribution in [0, 0.1) is 11.8 Å². The smallest absolute Gasteiger partial charge is 0.269 e. The van der Waals surface area contributed by atoms with Gasteiger partial charge in [-0.05, 0) is 31.2 Å². The molecule has 1 heterocycles. The molecule has 18 heavy (non-hydrogen) atoms. The molecule has 1 fully saturated rings. The molecule has 0 amide bonds. The van der Waals surface area contributed by atoms with Gasteiger partial charge in [-0.25, -0.2) is 0 Å². The van der Waals surface area contributed by atoms with Gasteiger partial charge < -0.3 is 14.6 Å². The van der Waals surface area contributed by atoms with Gasteiger partial charge in [0.1, 0.15) is 5.78 Å². The van der Waals surface area contributed by atoms with E-state index in [-0.39, 0.29) is 29.8 Å². The monoisotopic (exact) mass is 257 g/mol. The van der Waals surface area contributed by atoms with E-state index in [4.69, 9.17) is 15.0 Å². The lowest BCUT2D eigenvalue weighted by atomic mass is 9.82. The zero-order chi connectivity index (χ0) is 13.9. The summed E-state index contributed by atoms with van der Waals surface area (Å²) in [5.74, 6) is -0.462. The van der Waals surface area contributed by atoms with Gasteiger partial charge in [0.25, 0.3) is 6.48 Å². The number of carbonyl (C=O) groups is 1. The first-order valence-electron chi connectivity index (χ1n) is 5.92. The molecule has 7 nitrogen and oxygen atoms in total. The first kappa shape index (κ1) is 14.9. The first-order chi connectivity index (χ1) is 8.38. The van der Waals surface area contributed by atoms with Crippen LogP contribution in [0.2, 0.25) is 0 Å². The van der Waals surface area contributed by atoms with Crippen LogP contribution in [-0.2, 0) is 14.3 Å². The van der Waals surface area contributed by atoms with E-state index in [1.54, 1.807) is 6.92 Å². The number of hydrogen-bond acceptors (Lipinski definition) is 5. The molecule has 6 atom stereocenters. The number of hydrogen-bond donors (Lipinski definition) is 1. The highest BCUT2D eigenvalue weighted by molar-refractivity contribution is 5.81.